The molecule has 0 aliphatic heterocycles. The first-order valence-electron chi connectivity index (χ1n) is 7.86. The molecule has 0 aromatic heterocycles. The van der Waals surface area contributed by atoms with Crippen LogP contribution >= 0.6 is 0 Å². The fraction of sp³-hybridized carbons (Fsp3) is 0.211. The zero-order valence-corrected chi connectivity index (χ0v) is 14.2. The molecule has 0 heterocycles. The normalized spacial score (nSPS) is 10.1. The minimum absolute atomic E-state index is 0.0788. The predicted molar refractivity (Wildman–Crippen MR) is 92.5 cm³/mol. The minimum atomic E-state index is -0.662. The topological polar surface area (TPSA) is 81.7 Å². The zero-order chi connectivity index (χ0) is 18.9. The number of carbonyl (C=O) groups excluding carboxylic acids is 3. The van der Waals surface area contributed by atoms with Crippen molar-refractivity contribution < 1.29 is 28.2 Å². The predicted octanol–water partition coefficient (Wildman–Crippen LogP) is 2.98. The maximum absolute atomic E-state index is 12.8. The minimum Gasteiger partial charge on any atom is -0.497 e. The van der Waals surface area contributed by atoms with Crippen LogP contribution in [-0.2, 0) is 14.3 Å². The van der Waals surface area contributed by atoms with Crippen molar-refractivity contribution in [2.75, 3.05) is 19.0 Å². The molecule has 0 atom stereocenters. The monoisotopic (exact) mass is 359 g/mol. The van der Waals surface area contributed by atoms with Crippen LogP contribution in [0.25, 0.3) is 0 Å². The summed E-state index contributed by atoms with van der Waals surface area (Å²) in [6.45, 7) is -0.449. The number of hydrogen-bond donors (Lipinski definition) is 1. The average molecular weight is 359 g/mol. The third-order valence-electron chi connectivity index (χ3n) is 3.46. The number of benzene rings is 2. The number of esters is 1. The van der Waals surface area contributed by atoms with E-state index in [4.69, 9.17) is 9.47 Å². The van der Waals surface area contributed by atoms with Crippen LogP contribution in [0.15, 0.2) is 48.5 Å². The number of ether oxygens (including phenoxy) is 2. The molecule has 0 radical (unpaired) electrons. The Kier molecular flexibility index (Phi) is 6.84. The van der Waals surface area contributed by atoms with E-state index >= 15 is 0 Å². The number of rotatable bonds is 8. The van der Waals surface area contributed by atoms with Gasteiger partial charge in [0, 0.05) is 17.7 Å². The van der Waals surface area contributed by atoms with Gasteiger partial charge in [0.05, 0.1) is 13.5 Å². The number of anilines is 1. The number of nitrogens with one attached hydrogen (secondary N) is 1. The van der Waals surface area contributed by atoms with E-state index in [1.54, 1.807) is 24.3 Å². The maximum atomic E-state index is 12.8. The zero-order valence-electron chi connectivity index (χ0n) is 14.2. The fourth-order valence-electron chi connectivity index (χ4n) is 2.09. The first kappa shape index (κ1) is 19.1. The summed E-state index contributed by atoms with van der Waals surface area (Å²) in [6, 6.07) is 11.7. The van der Waals surface area contributed by atoms with Gasteiger partial charge in [0.2, 0.25) is 0 Å². The van der Waals surface area contributed by atoms with Crippen molar-refractivity contribution in [1.29, 1.82) is 0 Å². The second kappa shape index (κ2) is 9.31. The molecule has 0 unspecified atom stereocenters. The van der Waals surface area contributed by atoms with Crippen molar-refractivity contribution in [3.63, 3.8) is 0 Å². The first-order chi connectivity index (χ1) is 12.5. The van der Waals surface area contributed by atoms with Gasteiger partial charge in [-0.15, -0.1) is 0 Å². The Bertz CT molecular complexity index is 772. The van der Waals surface area contributed by atoms with Gasteiger partial charge >= 0.3 is 5.97 Å². The van der Waals surface area contributed by atoms with Crippen molar-refractivity contribution in [3.05, 3.63) is 59.9 Å². The van der Waals surface area contributed by atoms with E-state index < -0.39 is 24.3 Å². The lowest BCUT2D eigenvalue weighted by Gasteiger charge is -2.07. The van der Waals surface area contributed by atoms with Gasteiger partial charge in [0.15, 0.2) is 12.4 Å². The van der Waals surface area contributed by atoms with Gasteiger partial charge in [-0.1, -0.05) is 0 Å². The van der Waals surface area contributed by atoms with Crippen LogP contribution in [0.3, 0.4) is 0 Å². The van der Waals surface area contributed by atoms with Crippen LogP contribution in [0, 0.1) is 5.82 Å². The van der Waals surface area contributed by atoms with Gasteiger partial charge < -0.3 is 14.8 Å². The maximum Gasteiger partial charge on any atom is 0.306 e. The number of amides is 1. The molecular formula is C19H18FNO5. The van der Waals surface area contributed by atoms with E-state index in [0.29, 0.717) is 17.0 Å². The fourth-order valence-corrected chi connectivity index (χ4v) is 2.09. The second-order valence-electron chi connectivity index (χ2n) is 5.37. The lowest BCUT2D eigenvalue weighted by molar-refractivity contribution is -0.147. The van der Waals surface area contributed by atoms with Gasteiger partial charge in [0.1, 0.15) is 11.6 Å². The molecular weight excluding hydrogens is 341 g/mol. The smallest absolute Gasteiger partial charge is 0.306 e. The lowest BCUT2D eigenvalue weighted by Crippen LogP contribution is -2.21. The van der Waals surface area contributed by atoms with Crippen LogP contribution in [0.2, 0.25) is 0 Å². The molecule has 0 aliphatic rings. The summed E-state index contributed by atoms with van der Waals surface area (Å²) in [5, 5.41) is 2.57. The van der Waals surface area contributed by atoms with Crippen LogP contribution < -0.4 is 10.1 Å². The molecule has 0 saturated carbocycles. The number of methoxy groups -OCH3 is 1. The average Bonchev–Trinajstić information content (AvgIpc) is 2.65. The molecule has 1 amide bonds. The van der Waals surface area contributed by atoms with Crippen LogP contribution in [0.5, 0.6) is 5.75 Å². The van der Waals surface area contributed by atoms with Crippen molar-refractivity contribution in [2.45, 2.75) is 12.8 Å². The van der Waals surface area contributed by atoms with Gasteiger partial charge in [0.25, 0.3) is 5.91 Å². The van der Waals surface area contributed by atoms with E-state index in [2.05, 4.69) is 5.32 Å². The number of carbonyl (C=O) groups is 3. The van der Waals surface area contributed by atoms with E-state index in [1.165, 1.54) is 31.4 Å². The summed E-state index contributed by atoms with van der Waals surface area (Å²) >= 11 is 0. The van der Waals surface area contributed by atoms with Crippen LogP contribution in [0.4, 0.5) is 10.1 Å². The highest BCUT2D eigenvalue weighted by atomic mass is 19.1. The molecule has 0 saturated heterocycles. The molecule has 2 aromatic rings. The molecule has 2 rings (SSSR count). The molecule has 1 N–H and O–H groups in total. The SMILES string of the molecule is COc1ccc(NC(=O)COC(=O)CCC(=O)c2ccc(F)cc2)cc1. The molecule has 0 aliphatic carbocycles. The van der Waals surface area contributed by atoms with Crippen LogP contribution in [0.1, 0.15) is 23.2 Å². The van der Waals surface area contributed by atoms with Crippen LogP contribution in [-0.4, -0.2) is 31.4 Å². The number of Topliss-reactive ketones (excluding diaryl/α,β-unsaturated/α-hetero) is 1. The number of hydrogen-bond acceptors (Lipinski definition) is 5. The Morgan fingerprint density at radius 3 is 2.23 bits per heavy atom. The summed E-state index contributed by atoms with van der Waals surface area (Å²) in [4.78, 5) is 35.3. The summed E-state index contributed by atoms with van der Waals surface area (Å²) in [5.41, 5.74) is 0.856. The molecule has 6 nitrogen and oxygen atoms in total. The molecule has 26 heavy (non-hydrogen) atoms. The highest BCUT2D eigenvalue weighted by Gasteiger charge is 2.12. The quantitative estimate of drug-likeness (QED) is 0.579. The summed E-state index contributed by atoms with van der Waals surface area (Å²) in [5.74, 6) is -1.24. The van der Waals surface area contributed by atoms with Crippen molar-refractivity contribution >= 4 is 23.3 Å². The molecule has 0 fully saturated rings. The summed E-state index contributed by atoms with van der Waals surface area (Å²) in [6.07, 6.45) is -0.239. The molecule has 2 aromatic carbocycles. The number of ketones is 1. The van der Waals surface area contributed by atoms with Gasteiger partial charge in [-0.25, -0.2) is 4.39 Å². The Hall–Kier alpha value is -3.22. The van der Waals surface area contributed by atoms with Gasteiger partial charge in [-0.3, -0.25) is 14.4 Å². The Morgan fingerprint density at radius 1 is 0.962 bits per heavy atom. The molecule has 0 spiro atoms. The van der Waals surface area contributed by atoms with Gasteiger partial charge in [-0.05, 0) is 48.5 Å². The third-order valence-corrected chi connectivity index (χ3v) is 3.46. The van der Waals surface area contributed by atoms with Gasteiger partial charge in [-0.2, -0.15) is 0 Å². The summed E-state index contributed by atoms with van der Waals surface area (Å²) < 4.78 is 22.7. The lowest BCUT2D eigenvalue weighted by atomic mass is 10.1. The number of halogens is 1. The Balaban J connectivity index is 1.71. The highest BCUT2D eigenvalue weighted by Crippen LogP contribution is 2.14. The van der Waals surface area contributed by atoms with E-state index in [0.717, 1.165) is 0 Å². The highest BCUT2D eigenvalue weighted by molar-refractivity contribution is 5.98. The molecule has 0 bridgehead atoms. The molecule has 136 valence electrons. The molecule has 7 heteroatoms. The van der Waals surface area contributed by atoms with E-state index in [-0.39, 0.29) is 18.6 Å². The van der Waals surface area contributed by atoms with Crippen molar-refractivity contribution in [1.82, 2.24) is 0 Å². The van der Waals surface area contributed by atoms with E-state index in [9.17, 15) is 18.8 Å². The summed E-state index contributed by atoms with van der Waals surface area (Å²) in [7, 11) is 1.54. The van der Waals surface area contributed by atoms with Crippen molar-refractivity contribution in [2.24, 2.45) is 0 Å². The van der Waals surface area contributed by atoms with E-state index in [1.807, 2.05) is 0 Å². The largest absolute Gasteiger partial charge is 0.497 e. The Labute approximate surface area is 149 Å². The first-order valence-corrected chi connectivity index (χ1v) is 7.86. The van der Waals surface area contributed by atoms with Crippen molar-refractivity contribution in [3.8, 4) is 5.75 Å². The standard InChI is InChI=1S/C19H18FNO5/c1-25-16-8-6-15(7-9-16)21-18(23)12-26-19(24)11-10-17(22)13-2-4-14(20)5-3-13/h2-9H,10-12H2,1H3,(H,21,23). The Morgan fingerprint density at radius 2 is 1.62 bits per heavy atom. The second-order valence-corrected chi connectivity index (χ2v) is 5.37. The third kappa shape index (κ3) is 6.01.